The lowest BCUT2D eigenvalue weighted by Crippen LogP contribution is -2.31. The first-order chi connectivity index (χ1) is 12.6. The first-order valence-corrected chi connectivity index (χ1v) is 9.16. The lowest BCUT2D eigenvalue weighted by Gasteiger charge is -2.17. The molecule has 0 amide bonds. The highest BCUT2D eigenvalue weighted by Gasteiger charge is 2.36. The van der Waals surface area contributed by atoms with Crippen molar-refractivity contribution in [2.45, 2.75) is 23.6 Å². The average molecular weight is 408 g/mol. The van der Waals surface area contributed by atoms with Gasteiger partial charge in [-0.15, -0.1) is 0 Å². The van der Waals surface area contributed by atoms with Crippen LogP contribution in [0.5, 0.6) is 5.88 Å². The predicted molar refractivity (Wildman–Crippen MR) is 83.4 cm³/mol. The standard InChI is InChI=1S/C16H13F5N2O3S/c17-11-1-2-14(13(18)8-11)27(24,25)23-6-4-12(9-23)26-15-7-10(3-5-22-15)16(19,20)21/h1-3,5,7-8,12H,4,6,9H2. The van der Waals surface area contributed by atoms with Crippen LogP contribution in [-0.4, -0.2) is 36.9 Å². The number of aromatic nitrogens is 1. The summed E-state index contributed by atoms with van der Waals surface area (Å²) in [7, 11) is -4.23. The molecule has 1 aromatic carbocycles. The second kappa shape index (κ2) is 7.04. The minimum atomic E-state index is -4.56. The number of sulfonamides is 1. The molecule has 3 rings (SSSR count). The lowest BCUT2D eigenvalue weighted by molar-refractivity contribution is -0.137. The molecule has 1 aliphatic rings. The highest BCUT2D eigenvalue weighted by atomic mass is 32.2. The molecule has 0 spiro atoms. The molecule has 0 saturated carbocycles. The fourth-order valence-corrected chi connectivity index (χ4v) is 4.19. The van der Waals surface area contributed by atoms with Crippen molar-refractivity contribution in [2.24, 2.45) is 0 Å². The summed E-state index contributed by atoms with van der Waals surface area (Å²) in [5.41, 5.74) is -0.941. The maximum absolute atomic E-state index is 13.8. The number of benzene rings is 1. The van der Waals surface area contributed by atoms with Gasteiger partial charge in [0.15, 0.2) is 0 Å². The van der Waals surface area contributed by atoms with Crippen LogP contribution in [0.15, 0.2) is 41.4 Å². The van der Waals surface area contributed by atoms with Crippen molar-refractivity contribution < 1.29 is 35.1 Å². The molecular formula is C16H13F5N2O3S. The molecule has 0 aliphatic carbocycles. The zero-order valence-corrected chi connectivity index (χ0v) is 14.4. The molecule has 2 heterocycles. The summed E-state index contributed by atoms with van der Waals surface area (Å²) in [6.45, 7) is -0.222. The number of alkyl halides is 3. The van der Waals surface area contributed by atoms with Gasteiger partial charge in [-0.25, -0.2) is 22.2 Å². The Labute approximate surface area is 151 Å². The van der Waals surface area contributed by atoms with Crippen LogP contribution >= 0.6 is 0 Å². The first kappa shape index (κ1) is 19.5. The fraction of sp³-hybridized carbons (Fsp3) is 0.312. The SMILES string of the molecule is O=S(=O)(c1ccc(F)cc1F)N1CCC(Oc2cc(C(F)(F)F)ccn2)C1. The van der Waals surface area contributed by atoms with Gasteiger partial charge in [-0.2, -0.15) is 17.5 Å². The van der Waals surface area contributed by atoms with E-state index in [0.29, 0.717) is 6.07 Å². The Hall–Kier alpha value is -2.27. The van der Waals surface area contributed by atoms with E-state index >= 15 is 0 Å². The minimum absolute atomic E-state index is 0.0250. The smallest absolute Gasteiger partial charge is 0.416 e. The molecule has 0 radical (unpaired) electrons. The molecule has 2 aromatic rings. The van der Waals surface area contributed by atoms with E-state index in [1.807, 2.05) is 0 Å². The van der Waals surface area contributed by atoms with Gasteiger partial charge < -0.3 is 4.74 Å². The number of ether oxygens (including phenoxy) is 1. The van der Waals surface area contributed by atoms with Gasteiger partial charge in [0.05, 0.1) is 12.1 Å². The quantitative estimate of drug-likeness (QED) is 0.729. The van der Waals surface area contributed by atoms with E-state index in [0.717, 1.165) is 34.8 Å². The van der Waals surface area contributed by atoms with E-state index in [9.17, 15) is 30.4 Å². The molecule has 146 valence electrons. The number of nitrogens with zero attached hydrogens (tertiary/aromatic N) is 2. The van der Waals surface area contributed by atoms with Gasteiger partial charge in [0.1, 0.15) is 22.6 Å². The van der Waals surface area contributed by atoms with Crippen molar-refractivity contribution in [1.82, 2.24) is 9.29 Å². The molecule has 1 unspecified atom stereocenters. The second-order valence-corrected chi connectivity index (χ2v) is 7.75. The molecule has 1 aromatic heterocycles. The van der Waals surface area contributed by atoms with Crippen LogP contribution in [0.4, 0.5) is 22.0 Å². The molecule has 1 aliphatic heterocycles. The molecule has 5 nitrogen and oxygen atoms in total. The normalized spacial score (nSPS) is 18.6. The van der Waals surface area contributed by atoms with Crippen molar-refractivity contribution in [3.05, 3.63) is 53.7 Å². The summed E-state index contributed by atoms with van der Waals surface area (Å²) in [6, 6.07) is 3.62. The van der Waals surface area contributed by atoms with Gasteiger partial charge in [-0.1, -0.05) is 0 Å². The van der Waals surface area contributed by atoms with Gasteiger partial charge in [0.2, 0.25) is 15.9 Å². The van der Waals surface area contributed by atoms with Gasteiger partial charge in [0, 0.05) is 24.9 Å². The van der Waals surface area contributed by atoms with E-state index < -0.39 is 44.4 Å². The first-order valence-electron chi connectivity index (χ1n) is 7.72. The number of rotatable bonds is 4. The van der Waals surface area contributed by atoms with Crippen molar-refractivity contribution in [1.29, 1.82) is 0 Å². The minimum Gasteiger partial charge on any atom is -0.473 e. The molecule has 0 N–H and O–H groups in total. The van der Waals surface area contributed by atoms with E-state index in [-0.39, 0.29) is 25.4 Å². The predicted octanol–water partition coefficient (Wildman–Crippen LogP) is 3.22. The van der Waals surface area contributed by atoms with Crippen LogP contribution < -0.4 is 4.74 Å². The largest absolute Gasteiger partial charge is 0.473 e. The topological polar surface area (TPSA) is 59.5 Å². The fourth-order valence-electron chi connectivity index (χ4n) is 2.66. The highest BCUT2D eigenvalue weighted by molar-refractivity contribution is 7.89. The zero-order chi connectivity index (χ0) is 19.8. The average Bonchev–Trinajstić information content (AvgIpc) is 3.03. The van der Waals surface area contributed by atoms with E-state index in [4.69, 9.17) is 4.74 Å². The van der Waals surface area contributed by atoms with Gasteiger partial charge in [-0.3, -0.25) is 0 Å². The van der Waals surface area contributed by atoms with E-state index in [1.165, 1.54) is 0 Å². The summed E-state index contributed by atoms with van der Waals surface area (Å²) in [6.07, 6.45) is -4.19. The molecular weight excluding hydrogens is 395 g/mol. The van der Waals surface area contributed by atoms with Gasteiger partial charge >= 0.3 is 6.18 Å². The third kappa shape index (κ3) is 4.19. The van der Waals surface area contributed by atoms with Crippen LogP contribution in [0.25, 0.3) is 0 Å². The van der Waals surface area contributed by atoms with Crippen LogP contribution in [-0.2, 0) is 16.2 Å². The van der Waals surface area contributed by atoms with Crippen molar-refractivity contribution >= 4 is 10.0 Å². The maximum atomic E-state index is 13.8. The van der Waals surface area contributed by atoms with Crippen molar-refractivity contribution in [2.75, 3.05) is 13.1 Å². The second-order valence-electron chi connectivity index (χ2n) is 5.85. The molecule has 1 fully saturated rings. The van der Waals surface area contributed by atoms with Crippen LogP contribution in [0.2, 0.25) is 0 Å². The number of halogens is 5. The van der Waals surface area contributed by atoms with Crippen molar-refractivity contribution in [3.8, 4) is 5.88 Å². The molecule has 1 atom stereocenters. The monoisotopic (exact) mass is 408 g/mol. The Bertz CT molecular complexity index is 949. The third-order valence-electron chi connectivity index (χ3n) is 3.97. The molecule has 27 heavy (non-hydrogen) atoms. The summed E-state index contributed by atoms with van der Waals surface area (Å²) in [4.78, 5) is 3.01. The molecule has 11 heteroatoms. The number of pyridine rings is 1. The summed E-state index contributed by atoms with van der Waals surface area (Å²) < 4.78 is 96.2. The zero-order valence-electron chi connectivity index (χ0n) is 13.6. The Kier molecular flexibility index (Phi) is 5.08. The maximum Gasteiger partial charge on any atom is 0.416 e. The van der Waals surface area contributed by atoms with E-state index in [2.05, 4.69) is 4.98 Å². The van der Waals surface area contributed by atoms with Crippen LogP contribution in [0.3, 0.4) is 0 Å². The number of hydrogen-bond donors (Lipinski definition) is 0. The third-order valence-corrected chi connectivity index (χ3v) is 5.87. The molecule has 1 saturated heterocycles. The Morgan fingerprint density at radius 2 is 1.89 bits per heavy atom. The Morgan fingerprint density at radius 3 is 2.56 bits per heavy atom. The summed E-state index contributed by atoms with van der Waals surface area (Å²) >= 11 is 0. The number of hydrogen-bond acceptors (Lipinski definition) is 4. The van der Waals surface area contributed by atoms with E-state index in [1.54, 1.807) is 0 Å². The van der Waals surface area contributed by atoms with Crippen LogP contribution in [0, 0.1) is 11.6 Å². The van der Waals surface area contributed by atoms with Crippen molar-refractivity contribution in [3.63, 3.8) is 0 Å². The Morgan fingerprint density at radius 1 is 1.15 bits per heavy atom. The van der Waals surface area contributed by atoms with Gasteiger partial charge in [0.25, 0.3) is 0 Å². The molecule has 0 bridgehead atoms. The summed E-state index contributed by atoms with van der Waals surface area (Å²) in [5.74, 6) is -2.43. The van der Waals surface area contributed by atoms with Crippen LogP contribution in [0.1, 0.15) is 12.0 Å². The lowest BCUT2D eigenvalue weighted by atomic mass is 10.2. The Balaban J connectivity index is 1.73. The summed E-state index contributed by atoms with van der Waals surface area (Å²) in [5, 5.41) is 0. The highest BCUT2D eigenvalue weighted by Crippen LogP contribution is 2.31. The van der Waals surface area contributed by atoms with Gasteiger partial charge in [-0.05, 0) is 24.6 Å².